The van der Waals surface area contributed by atoms with E-state index in [2.05, 4.69) is 28.8 Å². The summed E-state index contributed by atoms with van der Waals surface area (Å²) in [4.78, 5) is 14.0. The number of methoxy groups -OCH3 is 1. The van der Waals surface area contributed by atoms with Crippen molar-refractivity contribution in [2.45, 2.75) is 35.8 Å². The minimum absolute atomic E-state index is 0. The highest BCUT2D eigenvalue weighted by atomic mass is 35.5. The molecule has 0 saturated carbocycles. The van der Waals surface area contributed by atoms with Crippen LogP contribution in [-0.4, -0.2) is 37.5 Å². The Kier molecular flexibility index (Phi) is 6.15. The van der Waals surface area contributed by atoms with Gasteiger partial charge in [-0.1, -0.05) is 18.2 Å². The first-order valence-corrected chi connectivity index (χ1v) is 8.52. The summed E-state index contributed by atoms with van der Waals surface area (Å²) in [7, 11) is 1.65. The molecule has 0 spiro atoms. The molecule has 0 aromatic heterocycles. The third-order valence-electron chi connectivity index (χ3n) is 4.48. The number of hydrogen-bond acceptors (Lipinski definition) is 4. The van der Waals surface area contributed by atoms with E-state index in [0.29, 0.717) is 0 Å². The average Bonchev–Trinajstić information content (AvgIpc) is 2.56. The fourth-order valence-electron chi connectivity index (χ4n) is 3.14. The molecular weight excluding hydrogens is 320 g/mol. The molecule has 1 unspecified atom stereocenters. The number of benzene rings is 1. The lowest BCUT2D eigenvalue weighted by atomic mass is 9.90. The number of halogens is 1. The maximum atomic E-state index is 12.8. The van der Waals surface area contributed by atoms with E-state index in [9.17, 15) is 4.79 Å². The first-order valence-electron chi connectivity index (χ1n) is 7.54. The molecule has 2 aliphatic rings. The van der Waals surface area contributed by atoms with Crippen molar-refractivity contribution in [2.24, 2.45) is 0 Å². The van der Waals surface area contributed by atoms with Crippen molar-refractivity contribution in [2.75, 3.05) is 26.0 Å². The molecule has 2 heterocycles. The van der Waals surface area contributed by atoms with Crippen LogP contribution in [0.2, 0.25) is 0 Å². The summed E-state index contributed by atoms with van der Waals surface area (Å²) in [5.74, 6) is 1.09. The van der Waals surface area contributed by atoms with Crippen LogP contribution in [0.15, 0.2) is 29.2 Å². The quantitative estimate of drug-likeness (QED) is 0.886. The van der Waals surface area contributed by atoms with Crippen molar-refractivity contribution < 1.29 is 9.53 Å². The number of hydrogen-bond donors (Lipinski definition) is 2. The van der Waals surface area contributed by atoms with E-state index in [-0.39, 0.29) is 24.4 Å². The van der Waals surface area contributed by atoms with Crippen molar-refractivity contribution in [1.82, 2.24) is 10.6 Å². The molecule has 1 aromatic carbocycles. The topological polar surface area (TPSA) is 50.4 Å². The monoisotopic (exact) mass is 342 g/mol. The van der Waals surface area contributed by atoms with Gasteiger partial charge in [-0.15, -0.1) is 24.2 Å². The zero-order valence-corrected chi connectivity index (χ0v) is 14.4. The number of thioether (sulfide) groups is 1. The number of fused-ring (bicyclic) bond motifs is 1. The summed E-state index contributed by atoms with van der Waals surface area (Å²) in [6.07, 6.45) is 2.45. The maximum Gasteiger partial charge on any atom is 0.252 e. The van der Waals surface area contributed by atoms with Crippen LogP contribution in [0.4, 0.5) is 0 Å². The Morgan fingerprint density at radius 2 is 2.09 bits per heavy atom. The molecule has 3 rings (SSSR count). The van der Waals surface area contributed by atoms with Gasteiger partial charge < -0.3 is 15.4 Å². The molecule has 1 atom stereocenters. The van der Waals surface area contributed by atoms with Crippen LogP contribution < -0.4 is 10.6 Å². The average molecular weight is 343 g/mol. The van der Waals surface area contributed by atoms with Crippen molar-refractivity contribution >= 4 is 30.1 Å². The minimum atomic E-state index is -0.662. The lowest BCUT2D eigenvalue weighted by Gasteiger charge is -2.37. The van der Waals surface area contributed by atoms with Crippen LogP contribution in [-0.2, 0) is 9.53 Å². The highest BCUT2D eigenvalue weighted by Crippen LogP contribution is 2.36. The molecular formula is C16H23ClN2O2S. The number of rotatable bonds is 3. The lowest BCUT2D eigenvalue weighted by Crippen LogP contribution is -2.54. The van der Waals surface area contributed by atoms with Crippen molar-refractivity contribution in [3.05, 3.63) is 29.8 Å². The molecule has 2 aliphatic heterocycles. The van der Waals surface area contributed by atoms with Gasteiger partial charge in [0.2, 0.25) is 0 Å². The normalized spacial score (nSPS) is 23.0. The summed E-state index contributed by atoms with van der Waals surface area (Å²) >= 11 is 1.87. The summed E-state index contributed by atoms with van der Waals surface area (Å²) in [5.41, 5.74) is 0.576. The maximum absolute atomic E-state index is 12.8. The van der Waals surface area contributed by atoms with Crippen molar-refractivity contribution in [1.29, 1.82) is 0 Å². The number of ether oxygens (including phenoxy) is 1. The molecule has 1 amide bonds. The van der Waals surface area contributed by atoms with Crippen LogP contribution in [0.5, 0.6) is 0 Å². The summed E-state index contributed by atoms with van der Waals surface area (Å²) in [6, 6.07) is 8.46. The molecule has 1 aromatic rings. The number of piperidine rings is 1. The highest BCUT2D eigenvalue weighted by molar-refractivity contribution is 7.99. The summed E-state index contributed by atoms with van der Waals surface area (Å²) < 4.78 is 5.61. The second kappa shape index (κ2) is 7.68. The van der Waals surface area contributed by atoms with Crippen LogP contribution in [0.25, 0.3) is 0 Å². The van der Waals surface area contributed by atoms with E-state index >= 15 is 0 Å². The number of nitrogens with one attached hydrogen (secondary N) is 2. The van der Waals surface area contributed by atoms with Gasteiger partial charge in [-0.3, -0.25) is 4.79 Å². The van der Waals surface area contributed by atoms with Gasteiger partial charge in [-0.05, 0) is 44.0 Å². The van der Waals surface area contributed by atoms with Gasteiger partial charge >= 0.3 is 0 Å². The summed E-state index contributed by atoms with van der Waals surface area (Å²) in [5, 5.41) is 6.52. The predicted molar refractivity (Wildman–Crippen MR) is 91.8 cm³/mol. The number of amides is 1. The number of carbonyl (C=O) groups is 1. The fraction of sp³-hybridized carbons (Fsp3) is 0.562. The molecule has 0 bridgehead atoms. The Bertz CT molecular complexity index is 521. The first-order chi connectivity index (χ1) is 10.2. The van der Waals surface area contributed by atoms with Gasteiger partial charge in [-0.25, -0.2) is 0 Å². The van der Waals surface area contributed by atoms with E-state index in [1.807, 2.05) is 17.8 Å². The molecule has 6 heteroatoms. The molecule has 22 heavy (non-hydrogen) atoms. The molecule has 0 radical (unpaired) electrons. The lowest BCUT2D eigenvalue weighted by molar-refractivity contribution is -0.147. The summed E-state index contributed by atoms with van der Waals surface area (Å²) in [6.45, 7) is 1.66. The largest absolute Gasteiger partial charge is 0.368 e. The van der Waals surface area contributed by atoms with Crippen LogP contribution >= 0.6 is 24.2 Å². The zero-order chi connectivity index (χ0) is 14.7. The van der Waals surface area contributed by atoms with Crippen molar-refractivity contribution in [3.8, 4) is 0 Å². The van der Waals surface area contributed by atoms with E-state index in [4.69, 9.17) is 4.74 Å². The Labute approximate surface area is 142 Å². The van der Waals surface area contributed by atoms with Crippen molar-refractivity contribution in [3.63, 3.8) is 0 Å². The van der Waals surface area contributed by atoms with Gasteiger partial charge in [0.15, 0.2) is 0 Å². The molecule has 2 N–H and O–H groups in total. The second-order valence-electron chi connectivity index (χ2n) is 5.65. The molecule has 1 saturated heterocycles. The Morgan fingerprint density at radius 3 is 2.82 bits per heavy atom. The van der Waals surface area contributed by atoms with Gasteiger partial charge in [0.1, 0.15) is 5.60 Å². The molecule has 4 nitrogen and oxygen atoms in total. The van der Waals surface area contributed by atoms with Crippen LogP contribution in [0.1, 0.15) is 30.9 Å². The Hall–Kier alpha value is -0.750. The van der Waals surface area contributed by atoms with Gasteiger partial charge in [0.25, 0.3) is 5.91 Å². The predicted octanol–water partition coefficient (Wildman–Crippen LogP) is 2.53. The minimum Gasteiger partial charge on any atom is -0.368 e. The fourth-order valence-corrected chi connectivity index (χ4v) is 4.26. The van der Waals surface area contributed by atoms with Crippen LogP contribution in [0, 0.1) is 0 Å². The molecule has 122 valence electrons. The third-order valence-corrected chi connectivity index (χ3v) is 5.60. The first kappa shape index (κ1) is 17.6. The zero-order valence-electron chi connectivity index (χ0n) is 12.8. The van der Waals surface area contributed by atoms with Gasteiger partial charge in [0.05, 0.1) is 6.04 Å². The highest BCUT2D eigenvalue weighted by Gasteiger charge is 2.40. The van der Waals surface area contributed by atoms with Gasteiger partial charge in [0, 0.05) is 17.8 Å². The van der Waals surface area contributed by atoms with E-state index in [0.717, 1.165) is 38.1 Å². The number of carbonyl (C=O) groups excluding carboxylic acids is 1. The Morgan fingerprint density at radius 1 is 1.36 bits per heavy atom. The van der Waals surface area contributed by atoms with E-state index in [1.54, 1.807) is 7.11 Å². The third kappa shape index (κ3) is 3.43. The Balaban J connectivity index is 0.00000176. The van der Waals surface area contributed by atoms with E-state index in [1.165, 1.54) is 10.5 Å². The van der Waals surface area contributed by atoms with E-state index < -0.39 is 5.60 Å². The molecule has 0 aliphatic carbocycles. The smallest absolute Gasteiger partial charge is 0.252 e. The molecule has 1 fully saturated rings. The SMILES string of the molecule is COC1(C(=O)NC2CCSc3ccccc32)CCNCC1.Cl. The second-order valence-corrected chi connectivity index (χ2v) is 6.79. The standard InChI is InChI=1S/C16H22N2O2S.ClH/c1-20-16(7-9-17-10-8-16)15(19)18-13-6-11-21-14-5-3-2-4-12(13)14;/h2-5,13,17H,6-11H2,1H3,(H,18,19);1H. The van der Waals surface area contributed by atoms with Gasteiger partial charge in [-0.2, -0.15) is 0 Å². The van der Waals surface area contributed by atoms with Crippen LogP contribution in [0.3, 0.4) is 0 Å².